The van der Waals surface area contributed by atoms with Crippen LogP contribution in [0.2, 0.25) is 5.15 Å². The first-order chi connectivity index (χ1) is 7.34. The number of anilines is 2. The highest BCUT2D eigenvalue weighted by Crippen LogP contribution is 2.26. The lowest BCUT2D eigenvalue weighted by Crippen LogP contribution is -2.35. The standard InChI is InChI=1S/C7H7ClF4N4/c8-4-3(13)5(16-2-15-4)14-1-7(11,12)6(9)10/h2,6H,1,13H2,(H,14,15,16). The highest BCUT2D eigenvalue weighted by Gasteiger charge is 2.40. The molecule has 0 aliphatic carbocycles. The highest BCUT2D eigenvalue weighted by molar-refractivity contribution is 6.32. The third-order valence-corrected chi connectivity index (χ3v) is 1.95. The molecule has 1 aromatic heterocycles. The molecule has 16 heavy (non-hydrogen) atoms. The Labute approximate surface area is 92.8 Å². The Bertz CT molecular complexity index is 373. The monoisotopic (exact) mass is 258 g/mol. The molecule has 9 heteroatoms. The third kappa shape index (κ3) is 2.84. The van der Waals surface area contributed by atoms with Gasteiger partial charge in [0.05, 0.1) is 6.54 Å². The zero-order valence-corrected chi connectivity index (χ0v) is 8.48. The van der Waals surface area contributed by atoms with Gasteiger partial charge >= 0.3 is 12.3 Å². The van der Waals surface area contributed by atoms with Crippen LogP contribution in [0.5, 0.6) is 0 Å². The van der Waals surface area contributed by atoms with Gasteiger partial charge in [0.1, 0.15) is 12.0 Å². The molecule has 0 saturated carbocycles. The van der Waals surface area contributed by atoms with Gasteiger partial charge in [-0.1, -0.05) is 11.6 Å². The van der Waals surface area contributed by atoms with Crippen LogP contribution in [0, 0.1) is 0 Å². The number of nitrogens with one attached hydrogen (secondary N) is 1. The highest BCUT2D eigenvalue weighted by atomic mass is 35.5. The molecule has 3 N–H and O–H groups in total. The molecular weight excluding hydrogens is 252 g/mol. The molecule has 0 aliphatic rings. The molecule has 4 nitrogen and oxygen atoms in total. The summed E-state index contributed by atoms with van der Waals surface area (Å²) in [5.74, 6) is -4.37. The van der Waals surface area contributed by atoms with E-state index in [2.05, 4.69) is 9.97 Å². The van der Waals surface area contributed by atoms with Crippen molar-refractivity contribution in [2.45, 2.75) is 12.3 Å². The first kappa shape index (κ1) is 12.8. The van der Waals surface area contributed by atoms with E-state index < -0.39 is 18.9 Å². The van der Waals surface area contributed by atoms with Crippen molar-refractivity contribution in [3.63, 3.8) is 0 Å². The minimum atomic E-state index is -4.16. The summed E-state index contributed by atoms with van der Waals surface area (Å²) in [4.78, 5) is 6.96. The minimum absolute atomic E-state index is 0.141. The molecule has 0 unspecified atom stereocenters. The molecule has 1 heterocycles. The Morgan fingerprint density at radius 1 is 1.44 bits per heavy atom. The van der Waals surface area contributed by atoms with Crippen molar-refractivity contribution < 1.29 is 17.6 Å². The molecule has 1 rings (SSSR count). The fraction of sp³-hybridized carbons (Fsp3) is 0.429. The second-order valence-electron chi connectivity index (χ2n) is 2.84. The van der Waals surface area contributed by atoms with E-state index in [1.807, 2.05) is 5.32 Å². The Hall–Kier alpha value is -1.31. The van der Waals surface area contributed by atoms with Gasteiger partial charge in [0.25, 0.3) is 0 Å². The fourth-order valence-electron chi connectivity index (χ4n) is 0.794. The molecule has 0 saturated heterocycles. The van der Waals surface area contributed by atoms with Crippen LogP contribution in [0.4, 0.5) is 29.1 Å². The number of aromatic nitrogens is 2. The van der Waals surface area contributed by atoms with Crippen molar-refractivity contribution in [3.8, 4) is 0 Å². The second kappa shape index (κ2) is 4.69. The van der Waals surface area contributed by atoms with Crippen molar-refractivity contribution in [1.29, 1.82) is 0 Å². The summed E-state index contributed by atoms with van der Waals surface area (Å²) in [6.45, 7) is -1.29. The summed E-state index contributed by atoms with van der Waals surface area (Å²) in [7, 11) is 0. The van der Waals surface area contributed by atoms with Gasteiger partial charge in [-0.3, -0.25) is 0 Å². The summed E-state index contributed by atoms with van der Waals surface area (Å²) in [6.07, 6.45) is -2.79. The zero-order valence-electron chi connectivity index (χ0n) is 7.72. The van der Waals surface area contributed by atoms with Gasteiger partial charge in [-0.2, -0.15) is 8.78 Å². The van der Waals surface area contributed by atoms with E-state index in [1.54, 1.807) is 0 Å². The quantitative estimate of drug-likeness (QED) is 0.641. The van der Waals surface area contributed by atoms with Crippen molar-refractivity contribution in [1.82, 2.24) is 9.97 Å². The lowest BCUT2D eigenvalue weighted by molar-refractivity contribution is -0.117. The lowest BCUT2D eigenvalue weighted by atomic mass is 10.3. The van der Waals surface area contributed by atoms with Gasteiger partial charge in [0.2, 0.25) is 0 Å². The van der Waals surface area contributed by atoms with Crippen LogP contribution in [0.15, 0.2) is 6.33 Å². The van der Waals surface area contributed by atoms with E-state index in [0.29, 0.717) is 0 Å². The van der Waals surface area contributed by atoms with Crippen molar-refractivity contribution in [2.24, 2.45) is 0 Å². The topological polar surface area (TPSA) is 63.8 Å². The minimum Gasteiger partial charge on any atom is -0.393 e. The first-order valence-electron chi connectivity index (χ1n) is 4.00. The Kier molecular flexibility index (Phi) is 3.74. The smallest absolute Gasteiger partial charge is 0.324 e. The van der Waals surface area contributed by atoms with E-state index in [-0.39, 0.29) is 16.7 Å². The van der Waals surface area contributed by atoms with Crippen molar-refractivity contribution in [2.75, 3.05) is 17.6 Å². The van der Waals surface area contributed by atoms with Crippen LogP contribution < -0.4 is 11.1 Å². The normalized spacial score (nSPS) is 11.9. The molecular formula is C7H7ClF4N4. The van der Waals surface area contributed by atoms with Gasteiger partial charge < -0.3 is 11.1 Å². The number of hydrogen-bond donors (Lipinski definition) is 2. The van der Waals surface area contributed by atoms with Gasteiger partial charge in [0.15, 0.2) is 11.0 Å². The van der Waals surface area contributed by atoms with E-state index in [0.717, 1.165) is 6.33 Å². The van der Waals surface area contributed by atoms with Crippen LogP contribution in [0.25, 0.3) is 0 Å². The maximum atomic E-state index is 12.5. The Balaban J connectivity index is 2.72. The summed E-state index contributed by atoms with van der Waals surface area (Å²) < 4.78 is 48.7. The molecule has 0 bridgehead atoms. The number of halogens is 5. The van der Waals surface area contributed by atoms with Gasteiger partial charge in [0, 0.05) is 0 Å². The van der Waals surface area contributed by atoms with Gasteiger partial charge in [-0.25, -0.2) is 18.7 Å². The second-order valence-corrected chi connectivity index (χ2v) is 3.20. The summed E-state index contributed by atoms with van der Waals surface area (Å²) >= 11 is 5.47. The Morgan fingerprint density at radius 3 is 2.62 bits per heavy atom. The number of alkyl halides is 4. The predicted molar refractivity (Wildman–Crippen MR) is 50.9 cm³/mol. The van der Waals surface area contributed by atoms with E-state index in [1.165, 1.54) is 0 Å². The lowest BCUT2D eigenvalue weighted by Gasteiger charge is -2.16. The van der Waals surface area contributed by atoms with Crippen LogP contribution in [0.1, 0.15) is 0 Å². The molecule has 0 fully saturated rings. The van der Waals surface area contributed by atoms with E-state index >= 15 is 0 Å². The molecule has 0 aromatic carbocycles. The number of hydrogen-bond acceptors (Lipinski definition) is 4. The average molecular weight is 259 g/mol. The maximum Gasteiger partial charge on any atom is 0.324 e. The van der Waals surface area contributed by atoms with Crippen molar-refractivity contribution >= 4 is 23.1 Å². The molecule has 0 spiro atoms. The van der Waals surface area contributed by atoms with Crippen LogP contribution in [-0.4, -0.2) is 28.9 Å². The maximum absolute atomic E-state index is 12.5. The van der Waals surface area contributed by atoms with Crippen LogP contribution in [0.3, 0.4) is 0 Å². The average Bonchev–Trinajstić information content (AvgIpc) is 2.20. The summed E-state index contributed by atoms with van der Waals surface area (Å²) in [6, 6.07) is 0. The summed E-state index contributed by atoms with van der Waals surface area (Å²) in [5.41, 5.74) is 5.16. The molecule has 0 aliphatic heterocycles. The van der Waals surface area contributed by atoms with Crippen LogP contribution in [-0.2, 0) is 0 Å². The molecule has 0 atom stereocenters. The number of nitrogens with zero attached hydrogens (tertiary/aromatic N) is 2. The number of nitrogens with two attached hydrogens (primary N) is 1. The molecule has 90 valence electrons. The zero-order chi connectivity index (χ0) is 12.3. The van der Waals surface area contributed by atoms with E-state index in [9.17, 15) is 17.6 Å². The SMILES string of the molecule is Nc1c(Cl)ncnc1NCC(F)(F)C(F)F. The molecule has 1 aromatic rings. The third-order valence-electron chi connectivity index (χ3n) is 1.65. The summed E-state index contributed by atoms with van der Waals surface area (Å²) in [5, 5.41) is 1.84. The molecule has 0 radical (unpaired) electrons. The van der Waals surface area contributed by atoms with Crippen LogP contribution >= 0.6 is 11.6 Å². The largest absolute Gasteiger partial charge is 0.393 e. The Morgan fingerprint density at radius 2 is 2.06 bits per heavy atom. The number of rotatable bonds is 4. The van der Waals surface area contributed by atoms with Gasteiger partial charge in [-0.15, -0.1) is 0 Å². The fourth-order valence-corrected chi connectivity index (χ4v) is 0.927. The number of nitrogen functional groups attached to an aromatic ring is 1. The van der Waals surface area contributed by atoms with Crippen molar-refractivity contribution in [3.05, 3.63) is 11.5 Å². The molecule has 0 amide bonds. The van der Waals surface area contributed by atoms with E-state index in [4.69, 9.17) is 17.3 Å². The predicted octanol–water partition coefficient (Wildman–Crippen LogP) is 2.02. The van der Waals surface area contributed by atoms with Gasteiger partial charge in [-0.05, 0) is 0 Å². The first-order valence-corrected chi connectivity index (χ1v) is 4.38.